The Balaban J connectivity index is 1.36. The molecular formula is C33H48. The second kappa shape index (κ2) is 9.02. The summed E-state index contributed by atoms with van der Waals surface area (Å²) in [6, 6.07) is 12.1. The van der Waals surface area contributed by atoms with Crippen molar-refractivity contribution in [3.63, 3.8) is 0 Å². The Morgan fingerprint density at radius 2 is 1.06 bits per heavy atom. The lowest BCUT2D eigenvalue weighted by Crippen LogP contribution is -2.50. The van der Waals surface area contributed by atoms with E-state index in [1.807, 2.05) is 0 Å². The molecule has 6 aliphatic carbocycles. The zero-order chi connectivity index (χ0) is 21.8. The highest BCUT2D eigenvalue weighted by Crippen LogP contribution is 2.70. The molecule has 6 aliphatic rings. The topological polar surface area (TPSA) is 0 Å². The molecule has 0 heteroatoms. The monoisotopic (exact) mass is 444 g/mol. The molecule has 10 unspecified atom stereocenters. The number of hydrogen-bond acceptors (Lipinski definition) is 0. The van der Waals surface area contributed by atoms with E-state index in [1.54, 1.807) is 76.2 Å². The fourth-order valence-electron chi connectivity index (χ4n) is 11.7. The van der Waals surface area contributed by atoms with Gasteiger partial charge in [-0.1, -0.05) is 101 Å². The molecule has 10 atom stereocenters. The molecule has 1 aromatic rings. The first-order valence-corrected chi connectivity index (χ1v) is 15.4. The molecule has 33 heavy (non-hydrogen) atoms. The van der Waals surface area contributed by atoms with Crippen LogP contribution in [0.4, 0.5) is 0 Å². The summed E-state index contributed by atoms with van der Waals surface area (Å²) in [7, 11) is 0. The van der Waals surface area contributed by atoms with Crippen LogP contribution in [-0.4, -0.2) is 0 Å². The molecule has 0 aromatic heterocycles. The lowest BCUT2D eigenvalue weighted by Gasteiger charge is -2.57. The minimum absolute atomic E-state index is 0.884. The quantitative estimate of drug-likeness (QED) is 0.426. The van der Waals surface area contributed by atoms with Crippen LogP contribution in [0, 0.1) is 59.2 Å². The van der Waals surface area contributed by atoms with Gasteiger partial charge < -0.3 is 0 Å². The van der Waals surface area contributed by atoms with Gasteiger partial charge in [-0.2, -0.15) is 0 Å². The third-order valence-electron chi connectivity index (χ3n) is 12.5. The predicted molar refractivity (Wildman–Crippen MR) is 138 cm³/mol. The summed E-state index contributed by atoms with van der Waals surface area (Å²) >= 11 is 0. The Kier molecular flexibility index (Phi) is 5.88. The van der Waals surface area contributed by atoms with Crippen molar-refractivity contribution in [1.29, 1.82) is 0 Å². The van der Waals surface area contributed by atoms with Crippen molar-refractivity contribution in [3.05, 3.63) is 35.9 Å². The number of hydrogen-bond donors (Lipinski definition) is 0. The summed E-state index contributed by atoms with van der Waals surface area (Å²) in [4.78, 5) is 0. The van der Waals surface area contributed by atoms with Gasteiger partial charge in [0.25, 0.3) is 0 Å². The Hall–Kier alpha value is -0.780. The Bertz CT molecular complexity index is 790. The van der Waals surface area contributed by atoms with Gasteiger partial charge in [0.15, 0.2) is 0 Å². The Morgan fingerprint density at radius 1 is 0.455 bits per heavy atom. The zero-order valence-corrected chi connectivity index (χ0v) is 21.1. The highest BCUT2D eigenvalue weighted by molar-refractivity contribution is 5.26. The summed E-state index contributed by atoms with van der Waals surface area (Å²) in [5.41, 5.74) is 1.75. The second-order valence-corrected chi connectivity index (χ2v) is 13.6. The molecule has 6 fully saturated rings. The van der Waals surface area contributed by atoms with Crippen LogP contribution < -0.4 is 0 Å². The van der Waals surface area contributed by atoms with Gasteiger partial charge in [-0.25, -0.2) is 0 Å². The smallest absolute Gasteiger partial charge is 0.00969 e. The molecule has 6 saturated carbocycles. The third-order valence-corrected chi connectivity index (χ3v) is 12.5. The van der Waals surface area contributed by atoms with E-state index in [4.69, 9.17) is 0 Å². The molecule has 0 nitrogen and oxygen atoms in total. The fraction of sp³-hybridized carbons (Fsp3) is 0.818. The van der Waals surface area contributed by atoms with E-state index < -0.39 is 0 Å². The SMILES string of the molecule is c1ccc(C2C3CCCCC3C(C3CCCCC3)C3C4CCCC5CCCC(C4C5)C23)cc1. The minimum Gasteiger partial charge on any atom is -0.0622 e. The maximum absolute atomic E-state index is 2.56. The van der Waals surface area contributed by atoms with Crippen LogP contribution in [0.15, 0.2) is 30.3 Å². The van der Waals surface area contributed by atoms with Crippen LogP contribution in [0.3, 0.4) is 0 Å². The molecule has 0 amide bonds. The van der Waals surface area contributed by atoms with Crippen molar-refractivity contribution in [3.8, 4) is 0 Å². The highest BCUT2D eigenvalue weighted by Gasteiger charge is 2.62. The molecule has 1 aromatic carbocycles. The van der Waals surface area contributed by atoms with Gasteiger partial charge in [0, 0.05) is 0 Å². The van der Waals surface area contributed by atoms with Crippen LogP contribution in [0.1, 0.15) is 114 Å². The third kappa shape index (κ3) is 3.59. The van der Waals surface area contributed by atoms with Crippen LogP contribution in [0.2, 0.25) is 0 Å². The largest absolute Gasteiger partial charge is 0.0622 e. The Labute approximate surface area is 203 Å². The highest BCUT2D eigenvalue weighted by atomic mass is 14.7. The molecule has 0 heterocycles. The molecule has 0 saturated heterocycles. The summed E-state index contributed by atoms with van der Waals surface area (Å²) in [5.74, 6) is 11.5. The van der Waals surface area contributed by atoms with Crippen LogP contribution in [-0.2, 0) is 0 Å². The van der Waals surface area contributed by atoms with E-state index in [9.17, 15) is 0 Å². The minimum atomic E-state index is 0.884. The molecule has 0 radical (unpaired) electrons. The number of benzene rings is 1. The standard InChI is InChI=1S/C33H48/c1-3-13-23(14-4-1)30-25-17-7-8-18-26(25)31(24-15-5-2-6-16-24)33-28-20-10-12-22-11-9-19-27(32(30)33)29(28)21-22/h1,3-4,13-14,22,24-33H,2,5-12,15-21H2. The molecule has 0 aliphatic heterocycles. The van der Waals surface area contributed by atoms with Crippen LogP contribution in [0.25, 0.3) is 0 Å². The lowest BCUT2D eigenvalue weighted by molar-refractivity contribution is -0.0591. The van der Waals surface area contributed by atoms with Gasteiger partial charge in [0.1, 0.15) is 0 Å². The average molecular weight is 445 g/mol. The van der Waals surface area contributed by atoms with Crippen molar-refractivity contribution in [2.75, 3.05) is 0 Å². The van der Waals surface area contributed by atoms with Gasteiger partial charge in [-0.05, 0) is 103 Å². The fourth-order valence-corrected chi connectivity index (χ4v) is 11.7. The first-order valence-electron chi connectivity index (χ1n) is 15.4. The summed E-state index contributed by atoms with van der Waals surface area (Å²) in [6.07, 6.45) is 25.0. The second-order valence-electron chi connectivity index (χ2n) is 13.6. The van der Waals surface area contributed by atoms with E-state index in [1.165, 1.54) is 32.1 Å². The van der Waals surface area contributed by atoms with Crippen molar-refractivity contribution >= 4 is 0 Å². The van der Waals surface area contributed by atoms with Gasteiger partial charge in [-0.15, -0.1) is 0 Å². The van der Waals surface area contributed by atoms with Crippen molar-refractivity contribution < 1.29 is 0 Å². The van der Waals surface area contributed by atoms with Crippen molar-refractivity contribution in [2.45, 2.75) is 109 Å². The Morgan fingerprint density at radius 3 is 1.82 bits per heavy atom. The first kappa shape index (κ1) is 21.5. The van der Waals surface area contributed by atoms with Crippen molar-refractivity contribution in [2.24, 2.45) is 59.2 Å². The van der Waals surface area contributed by atoms with Gasteiger partial charge >= 0.3 is 0 Å². The molecule has 7 rings (SSSR count). The average Bonchev–Trinajstić information content (AvgIpc) is 3.05. The molecule has 0 spiro atoms. The summed E-state index contributed by atoms with van der Waals surface area (Å²) in [6.45, 7) is 0. The first-order chi connectivity index (χ1) is 16.4. The zero-order valence-electron chi connectivity index (χ0n) is 21.1. The molecule has 0 N–H and O–H groups in total. The maximum Gasteiger partial charge on any atom is -0.00969 e. The van der Waals surface area contributed by atoms with E-state index >= 15 is 0 Å². The van der Waals surface area contributed by atoms with Crippen molar-refractivity contribution in [1.82, 2.24) is 0 Å². The van der Waals surface area contributed by atoms with E-state index in [-0.39, 0.29) is 0 Å². The van der Waals surface area contributed by atoms with Gasteiger partial charge in [-0.3, -0.25) is 0 Å². The van der Waals surface area contributed by atoms with Crippen LogP contribution in [0.5, 0.6) is 0 Å². The van der Waals surface area contributed by atoms with Gasteiger partial charge in [0.05, 0.1) is 0 Å². The van der Waals surface area contributed by atoms with E-state index in [0.29, 0.717) is 0 Å². The predicted octanol–water partition coefficient (Wildman–Crippen LogP) is 9.26. The summed E-state index contributed by atoms with van der Waals surface area (Å²) in [5, 5.41) is 0. The van der Waals surface area contributed by atoms with E-state index in [0.717, 1.165) is 65.1 Å². The number of fused-ring (bicyclic) bond motifs is 5. The molecule has 2 bridgehead atoms. The maximum atomic E-state index is 2.56. The normalized spacial score (nSPS) is 47.8. The van der Waals surface area contributed by atoms with E-state index in [2.05, 4.69) is 30.3 Å². The molecule has 180 valence electrons. The number of rotatable bonds is 2. The van der Waals surface area contributed by atoms with Crippen LogP contribution >= 0.6 is 0 Å². The molecular weight excluding hydrogens is 396 g/mol. The van der Waals surface area contributed by atoms with Gasteiger partial charge in [0.2, 0.25) is 0 Å². The summed E-state index contributed by atoms with van der Waals surface area (Å²) < 4.78 is 0. The lowest BCUT2D eigenvalue weighted by atomic mass is 9.48.